The molecule has 0 aromatic heterocycles. The Bertz CT molecular complexity index is 1230. The van der Waals surface area contributed by atoms with E-state index in [0.717, 1.165) is 23.5 Å². The fourth-order valence-corrected chi connectivity index (χ4v) is 6.39. The Morgan fingerprint density at radius 2 is 1.22 bits per heavy atom. The standard InChI is InChI=1S/C34H57N3O16S2/c1-21(38)8-14-52-12-5-13-53-15-9-23(39)16-22(33(48)49)17-54-18-24(40)6-3-11-37-32(47)31(46)30(45)29(44)28(43)26(41)7-4-10-36-27(42)20-55-19-25(35-2)34(50)51/h22,25,28-31,35,43-46H,3-20H2,1-2H3,(H,36,42)(H,37,47)(H,48,49)(H,50,51)/t22?,25?,28-,29+,30+,31-/m0/s1. The molecule has 0 rings (SSSR count). The number of ketones is 4. The van der Waals surface area contributed by atoms with Crippen molar-refractivity contribution in [3.05, 3.63) is 0 Å². The highest BCUT2D eigenvalue weighted by Gasteiger charge is 2.37. The van der Waals surface area contributed by atoms with E-state index in [1.54, 1.807) is 0 Å². The quantitative estimate of drug-likeness (QED) is 0.0307. The van der Waals surface area contributed by atoms with Gasteiger partial charge in [0.15, 0.2) is 11.9 Å². The van der Waals surface area contributed by atoms with Gasteiger partial charge in [-0.1, -0.05) is 0 Å². The lowest BCUT2D eigenvalue weighted by Crippen LogP contribution is -2.52. The maximum atomic E-state index is 12.3. The van der Waals surface area contributed by atoms with Crippen molar-refractivity contribution in [1.29, 1.82) is 0 Å². The zero-order valence-corrected chi connectivity index (χ0v) is 32.9. The average molecular weight is 828 g/mol. The molecule has 0 radical (unpaired) electrons. The largest absolute Gasteiger partial charge is 0.481 e. The Hall–Kier alpha value is -3.02. The lowest BCUT2D eigenvalue weighted by Gasteiger charge is -2.25. The van der Waals surface area contributed by atoms with Gasteiger partial charge in [-0.2, -0.15) is 11.8 Å². The van der Waals surface area contributed by atoms with E-state index in [4.69, 9.17) is 14.6 Å². The first kappa shape index (κ1) is 52.0. The molecule has 19 nitrogen and oxygen atoms in total. The number of carbonyl (C=O) groups excluding carboxylic acids is 6. The van der Waals surface area contributed by atoms with Gasteiger partial charge in [-0.3, -0.25) is 38.4 Å². The van der Waals surface area contributed by atoms with Gasteiger partial charge < -0.3 is 56.1 Å². The number of carboxylic acid groups (broad SMARTS) is 2. The van der Waals surface area contributed by atoms with Crippen molar-refractivity contribution < 1.29 is 78.5 Å². The molecule has 0 fully saturated rings. The van der Waals surface area contributed by atoms with Crippen LogP contribution in [0, 0.1) is 5.92 Å². The van der Waals surface area contributed by atoms with Crippen molar-refractivity contribution in [2.45, 2.75) is 88.7 Å². The molecular weight excluding hydrogens is 771 g/mol. The highest BCUT2D eigenvalue weighted by Crippen LogP contribution is 2.16. The molecule has 6 atom stereocenters. The van der Waals surface area contributed by atoms with E-state index in [1.807, 2.05) is 0 Å². The Morgan fingerprint density at radius 1 is 0.636 bits per heavy atom. The van der Waals surface area contributed by atoms with Crippen LogP contribution in [0.5, 0.6) is 0 Å². The van der Waals surface area contributed by atoms with Crippen molar-refractivity contribution in [3.8, 4) is 0 Å². The number of nitrogens with one attached hydrogen (secondary N) is 3. The number of aliphatic hydroxyl groups excluding tert-OH is 4. The van der Waals surface area contributed by atoms with Gasteiger partial charge in [0.25, 0.3) is 5.91 Å². The minimum atomic E-state index is -2.24. The summed E-state index contributed by atoms with van der Waals surface area (Å²) in [6.45, 7) is 2.62. The zero-order valence-electron chi connectivity index (χ0n) is 31.3. The van der Waals surface area contributed by atoms with Crippen LogP contribution in [0.1, 0.15) is 58.3 Å². The van der Waals surface area contributed by atoms with Gasteiger partial charge in [-0.15, -0.1) is 11.8 Å². The van der Waals surface area contributed by atoms with Gasteiger partial charge in [-0.25, -0.2) is 0 Å². The molecule has 0 aliphatic rings. The number of ether oxygens (including phenoxy) is 2. The second kappa shape index (κ2) is 31.1. The summed E-state index contributed by atoms with van der Waals surface area (Å²) in [5.74, 6) is -6.08. The maximum Gasteiger partial charge on any atom is 0.321 e. The SMILES string of the molecule is CNC(CSCC(=O)NCCCC(=O)[C@H](O)[C@@H](O)[C@@H](O)[C@H](O)C(=O)NCCCC(=O)CSCC(CC(=O)CCOCCCOCCC(C)=O)C(=O)O)C(=O)O. The summed E-state index contributed by atoms with van der Waals surface area (Å²) in [6, 6.07) is -0.818. The number of rotatable bonds is 36. The monoisotopic (exact) mass is 827 g/mol. The van der Waals surface area contributed by atoms with Crippen LogP contribution < -0.4 is 16.0 Å². The third kappa shape index (κ3) is 25.7. The van der Waals surface area contributed by atoms with E-state index < -0.39 is 65.9 Å². The number of aliphatic carboxylic acids is 2. The van der Waals surface area contributed by atoms with Crippen molar-refractivity contribution in [2.24, 2.45) is 5.92 Å². The third-order valence-electron chi connectivity index (χ3n) is 7.72. The summed E-state index contributed by atoms with van der Waals surface area (Å²) in [5, 5.41) is 66.4. The van der Waals surface area contributed by atoms with Crippen LogP contribution in [-0.2, 0) is 47.8 Å². The zero-order chi connectivity index (χ0) is 41.8. The van der Waals surface area contributed by atoms with Crippen molar-refractivity contribution >= 4 is 70.4 Å². The van der Waals surface area contributed by atoms with Crippen LogP contribution in [0.15, 0.2) is 0 Å². The first-order valence-electron chi connectivity index (χ1n) is 17.8. The number of thioether (sulfide) groups is 2. The normalized spacial score (nSPS) is 14.5. The number of aliphatic hydroxyl groups is 4. The van der Waals surface area contributed by atoms with Gasteiger partial charge in [-0.05, 0) is 33.2 Å². The number of hydrogen-bond acceptors (Lipinski definition) is 17. The van der Waals surface area contributed by atoms with E-state index >= 15 is 0 Å². The summed E-state index contributed by atoms with van der Waals surface area (Å²) < 4.78 is 10.6. The molecule has 0 heterocycles. The molecule has 2 unspecified atom stereocenters. The van der Waals surface area contributed by atoms with Crippen molar-refractivity contribution in [1.82, 2.24) is 16.0 Å². The number of hydrogen-bond donors (Lipinski definition) is 9. The van der Waals surface area contributed by atoms with E-state index in [1.165, 1.54) is 14.0 Å². The Balaban J connectivity index is 4.28. The van der Waals surface area contributed by atoms with Crippen LogP contribution in [-0.4, -0.2) is 178 Å². The number of carboxylic acids is 2. The van der Waals surface area contributed by atoms with Crippen LogP contribution in [0.3, 0.4) is 0 Å². The Labute approximate surface area is 328 Å². The smallest absolute Gasteiger partial charge is 0.321 e. The molecule has 0 bridgehead atoms. The Kier molecular flexibility index (Phi) is 29.4. The number of likely N-dealkylation sites (N-methyl/N-ethyl adjacent to an activating group) is 1. The third-order valence-corrected chi connectivity index (χ3v) is 9.92. The lowest BCUT2D eigenvalue weighted by molar-refractivity contribution is -0.154. The molecule has 0 aliphatic carbocycles. The number of amides is 2. The van der Waals surface area contributed by atoms with Crippen LogP contribution in [0.2, 0.25) is 0 Å². The highest BCUT2D eigenvalue weighted by molar-refractivity contribution is 8.00. The predicted octanol–water partition coefficient (Wildman–Crippen LogP) is -2.05. The number of Topliss-reactive ketones (excluding diaryl/α,β-unsaturated/α-hetero) is 4. The summed E-state index contributed by atoms with van der Waals surface area (Å²) >= 11 is 2.14. The maximum absolute atomic E-state index is 12.3. The van der Waals surface area contributed by atoms with Crippen LogP contribution in [0.25, 0.3) is 0 Å². The molecule has 0 saturated heterocycles. The van der Waals surface area contributed by atoms with Gasteiger partial charge in [0.1, 0.15) is 41.7 Å². The first-order valence-corrected chi connectivity index (χ1v) is 20.1. The minimum Gasteiger partial charge on any atom is -0.481 e. The van der Waals surface area contributed by atoms with Crippen molar-refractivity contribution in [2.75, 3.05) is 69.6 Å². The summed E-state index contributed by atoms with van der Waals surface area (Å²) in [4.78, 5) is 94.3. The minimum absolute atomic E-state index is 0.0155. The van der Waals surface area contributed by atoms with E-state index in [2.05, 4.69) is 16.0 Å². The van der Waals surface area contributed by atoms with Gasteiger partial charge in [0.2, 0.25) is 5.91 Å². The molecule has 0 aromatic rings. The lowest BCUT2D eigenvalue weighted by atomic mass is 9.97. The number of carbonyl (C=O) groups is 8. The van der Waals surface area contributed by atoms with E-state index in [-0.39, 0.29) is 98.6 Å². The topological polar surface area (TPSA) is 312 Å². The highest BCUT2D eigenvalue weighted by atomic mass is 32.2. The average Bonchev–Trinajstić information content (AvgIpc) is 3.13. The van der Waals surface area contributed by atoms with E-state index in [9.17, 15) is 63.9 Å². The van der Waals surface area contributed by atoms with Crippen molar-refractivity contribution in [3.63, 3.8) is 0 Å². The summed E-state index contributed by atoms with van der Waals surface area (Å²) in [6.07, 6.45) is -8.23. The molecule has 0 spiro atoms. The molecule has 9 N–H and O–H groups in total. The molecule has 316 valence electrons. The molecule has 0 aliphatic heterocycles. The molecular formula is C34H57N3O16S2. The predicted molar refractivity (Wildman–Crippen MR) is 201 cm³/mol. The second-order valence-electron chi connectivity index (χ2n) is 12.5. The Morgan fingerprint density at radius 3 is 1.82 bits per heavy atom. The molecule has 2 amide bonds. The molecule has 0 saturated carbocycles. The second-order valence-corrected chi connectivity index (χ2v) is 14.6. The van der Waals surface area contributed by atoms with Gasteiger partial charge in [0, 0.05) is 69.9 Å². The summed E-state index contributed by atoms with van der Waals surface area (Å²) in [5.41, 5.74) is 0. The molecule has 0 aromatic carbocycles. The van der Waals surface area contributed by atoms with Crippen LogP contribution in [0.4, 0.5) is 0 Å². The van der Waals surface area contributed by atoms with Gasteiger partial charge in [0.05, 0.1) is 30.6 Å². The fourth-order valence-electron chi connectivity index (χ4n) is 4.41. The summed E-state index contributed by atoms with van der Waals surface area (Å²) in [7, 11) is 1.48. The van der Waals surface area contributed by atoms with Crippen LogP contribution >= 0.6 is 23.5 Å². The van der Waals surface area contributed by atoms with Gasteiger partial charge >= 0.3 is 11.9 Å². The molecule has 21 heteroatoms. The molecule has 55 heavy (non-hydrogen) atoms. The van der Waals surface area contributed by atoms with E-state index in [0.29, 0.717) is 32.7 Å². The first-order chi connectivity index (χ1) is 26.0. The fraction of sp³-hybridized carbons (Fsp3) is 0.765.